The van der Waals surface area contributed by atoms with E-state index in [9.17, 15) is 9.59 Å². The number of fused-ring (bicyclic) bond motifs is 1. The smallest absolute Gasteiger partial charge is 0.262 e. The number of aryl methyl sites for hydroxylation is 1. The third-order valence-electron chi connectivity index (χ3n) is 7.83. The number of nitrogens with zero attached hydrogens (tertiary/aromatic N) is 3. The molecule has 2 heterocycles. The number of hydrogen-bond acceptors (Lipinski definition) is 6. The molecule has 0 radical (unpaired) electrons. The molecule has 0 aliphatic carbocycles. The van der Waals surface area contributed by atoms with Crippen molar-refractivity contribution < 1.29 is 14.3 Å². The Balaban J connectivity index is 1.63. The second-order valence-electron chi connectivity index (χ2n) is 10.4. The van der Waals surface area contributed by atoms with Crippen LogP contribution in [0.25, 0.3) is 17.1 Å². The Bertz CT molecular complexity index is 1890. The summed E-state index contributed by atoms with van der Waals surface area (Å²) in [5.74, 6) is 1.39. The van der Waals surface area contributed by atoms with Gasteiger partial charge in [-0.2, -0.15) is 0 Å². The van der Waals surface area contributed by atoms with Crippen LogP contribution in [0.5, 0.6) is 11.5 Å². The van der Waals surface area contributed by atoms with Crippen molar-refractivity contribution in [2.45, 2.75) is 19.3 Å². The van der Waals surface area contributed by atoms with Gasteiger partial charge in [0, 0.05) is 17.3 Å². The lowest BCUT2D eigenvalue weighted by Gasteiger charge is -2.34. The first-order chi connectivity index (χ1) is 20.3. The van der Waals surface area contributed by atoms with E-state index in [4.69, 9.17) is 19.5 Å². The highest BCUT2D eigenvalue weighted by Crippen LogP contribution is 2.44. The molecule has 0 fully saturated rings. The molecule has 0 N–H and O–H groups in total. The molecule has 1 aromatic heterocycles. The van der Waals surface area contributed by atoms with E-state index in [2.05, 4.69) is 0 Å². The maximum absolute atomic E-state index is 14.7. The number of rotatable bonds is 6. The van der Waals surface area contributed by atoms with Gasteiger partial charge in [0.1, 0.15) is 23.0 Å². The minimum absolute atomic E-state index is 0.239. The summed E-state index contributed by atoms with van der Waals surface area (Å²) >= 11 is 0. The molecule has 0 bridgehead atoms. The molecule has 208 valence electrons. The summed E-state index contributed by atoms with van der Waals surface area (Å²) < 4.78 is 12.4. The van der Waals surface area contributed by atoms with E-state index in [1.54, 1.807) is 62.1 Å². The monoisotopic (exact) mass is 555 g/mol. The third kappa shape index (κ3) is 4.39. The van der Waals surface area contributed by atoms with Crippen LogP contribution in [0.4, 0.5) is 5.69 Å². The van der Waals surface area contributed by atoms with E-state index in [-0.39, 0.29) is 22.6 Å². The zero-order valence-electron chi connectivity index (χ0n) is 23.8. The summed E-state index contributed by atoms with van der Waals surface area (Å²) in [6.07, 6.45) is 1.54. The van der Waals surface area contributed by atoms with Crippen LogP contribution in [0.2, 0.25) is 0 Å². The maximum atomic E-state index is 14.7. The Hall–Kier alpha value is -5.30. The standard InChI is InChI=1S/C35H29N3O4/c1-22-10-14-25(15-11-22)38-33(24-8-6-5-7-9-24)36-21-29(34(38)40)35(2)28-20-27(42-4)18-19-30(28)37-31(32(35)39)23-12-16-26(41-3)17-13-23/h5-21H,1-4H3. The molecule has 42 heavy (non-hydrogen) atoms. The molecular weight excluding hydrogens is 526 g/mol. The molecule has 7 nitrogen and oxygen atoms in total. The third-order valence-corrected chi connectivity index (χ3v) is 7.83. The average molecular weight is 556 g/mol. The lowest BCUT2D eigenvalue weighted by molar-refractivity contribution is -0.116. The topological polar surface area (TPSA) is 82.8 Å². The Kier molecular flexibility index (Phi) is 6.78. The molecule has 6 rings (SSSR count). The van der Waals surface area contributed by atoms with Crippen LogP contribution in [0.3, 0.4) is 0 Å². The largest absolute Gasteiger partial charge is 0.497 e. The normalized spacial score (nSPS) is 16.0. The number of hydrogen-bond donors (Lipinski definition) is 0. The molecule has 0 spiro atoms. The fourth-order valence-electron chi connectivity index (χ4n) is 5.40. The molecule has 1 aliphatic rings. The van der Waals surface area contributed by atoms with Crippen LogP contribution in [0.15, 0.2) is 113 Å². The van der Waals surface area contributed by atoms with E-state index in [1.807, 2.05) is 67.6 Å². The van der Waals surface area contributed by atoms with Crippen LogP contribution in [-0.4, -0.2) is 35.3 Å². The first-order valence-corrected chi connectivity index (χ1v) is 13.6. The molecule has 7 heteroatoms. The second-order valence-corrected chi connectivity index (χ2v) is 10.4. The molecule has 0 amide bonds. The zero-order chi connectivity index (χ0) is 29.4. The molecule has 1 aliphatic heterocycles. The first kappa shape index (κ1) is 26.9. The Morgan fingerprint density at radius 3 is 2.07 bits per heavy atom. The molecule has 1 unspecified atom stereocenters. The predicted octanol–water partition coefficient (Wildman–Crippen LogP) is 6.23. The molecule has 4 aromatic carbocycles. The van der Waals surface area contributed by atoms with Gasteiger partial charge in [-0.15, -0.1) is 0 Å². The van der Waals surface area contributed by atoms with E-state index >= 15 is 0 Å². The molecule has 0 saturated carbocycles. The van der Waals surface area contributed by atoms with Gasteiger partial charge in [0.15, 0.2) is 5.78 Å². The average Bonchev–Trinajstić information content (AvgIpc) is 3.03. The fourth-order valence-corrected chi connectivity index (χ4v) is 5.40. The van der Waals surface area contributed by atoms with Crippen molar-refractivity contribution in [2.75, 3.05) is 14.2 Å². The fraction of sp³-hybridized carbons (Fsp3) is 0.143. The van der Waals surface area contributed by atoms with Gasteiger partial charge < -0.3 is 9.47 Å². The van der Waals surface area contributed by atoms with Gasteiger partial charge in [-0.05, 0) is 74.0 Å². The summed E-state index contributed by atoms with van der Waals surface area (Å²) in [5.41, 5.74) is 3.03. The summed E-state index contributed by atoms with van der Waals surface area (Å²) in [6, 6.07) is 29.8. The minimum atomic E-state index is -1.41. The quantitative estimate of drug-likeness (QED) is 0.248. The van der Waals surface area contributed by atoms with Crippen molar-refractivity contribution in [2.24, 2.45) is 4.99 Å². The van der Waals surface area contributed by atoms with Crippen LogP contribution < -0.4 is 15.0 Å². The molecule has 1 atom stereocenters. The molecular formula is C35H29N3O4. The number of aliphatic imine (C=N–C) groups is 1. The van der Waals surface area contributed by atoms with E-state index in [0.29, 0.717) is 39.8 Å². The Morgan fingerprint density at radius 2 is 1.40 bits per heavy atom. The highest BCUT2D eigenvalue weighted by Gasteiger charge is 2.47. The van der Waals surface area contributed by atoms with Crippen LogP contribution in [0.1, 0.15) is 29.2 Å². The van der Waals surface area contributed by atoms with E-state index in [0.717, 1.165) is 11.1 Å². The van der Waals surface area contributed by atoms with Crippen molar-refractivity contribution in [1.82, 2.24) is 9.55 Å². The van der Waals surface area contributed by atoms with Crippen LogP contribution in [0, 0.1) is 6.92 Å². The summed E-state index contributed by atoms with van der Waals surface area (Å²) in [6.45, 7) is 3.76. The van der Waals surface area contributed by atoms with Gasteiger partial charge >= 0.3 is 0 Å². The Morgan fingerprint density at radius 1 is 0.738 bits per heavy atom. The van der Waals surface area contributed by atoms with Gasteiger partial charge in [0.25, 0.3) is 5.56 Å². The van der Waals surface area contributed by atoms with Crippen molar-refractivity contribution >= 4 is 17.2 Å². The van der Waals surface area contributed by atoms with Gasteiger partial charge in [-0.25, -0.2) is 9.98 Å². The van der Waals surface area contributed by atoms with Gasteiger partial charge in [-0.3, -0.25) is 14.2 Å². The number of methoxy groups -OCH3 is 2. The van der Waals surface area contributed by atoms with Gasteiger partial charge in [0.2, 0.25) is 0 Å². The number of ketones is 1. The SMILES string of the molecule is COc1ccc(C2=Nc3ccc(OC)cc3C(C)(c3cnc(-c4ccccc4)n(-c4ccc(C)cc4)c3=O)C2=O)cc1. The van der Waals surface area contributed by atoms with Gasteiger partial charge in [0.05, 0.1) is 36.6 Å². The van der Waals surface area contributed by atoms with E-state index < -0.39 is 5.41 Å². The Labute approximate surface area is 243 Å². The molecule has 0 saturated heterocycles. The highest BCUT2D eigenvalue weighted by atomic mass is 16.5. The van der Waals surface area contributed by atoms with Crippen LogP contribution in [-0.2, 0) is 10.2 Å². The zero-order valence-corrected chi connectivity index (χ0v) is 23.8. The van der Waals surface area contributed by atoms with Crippen LogP contribution >= 0.6 is 0 Å². The maximum Gasteiger partial charge on any atom is 0.262 e. The number of benzene rings is 4. The number of ether oxygens (including phenoxy) is 2. The van der Waals surface area contributed by atoms with Gasteiger partial charge in [-0.1, -0.05) is 48.0 Å². The number of aromatic nitrogens is 2. The highest BCUT2D eigenvalue weighted by molar-refractivity contribution is 6.50. The lowest BCUT2D eigenvalue weighted by Crippen LogP contribution is -2.46. The predicted molar refractivity (Wildman–Crippen MR) is 164 cm³/mol. The summed E-state index contributed by atoms with van der Waals surface area (Å²) in [5, 5.41) is 0. The first-order valence-electron chi connectivity index (χ1n) is 13.6. The number of carbonyl (C=O) groups is 1. The minimum Gasteiger partial charge on any atom is -0.497 e. The summed E-state index contributed by atoms with van der Waals surface area (Å²) in [4.78, 5) is 38.9. The van der Waals surface area contributed by atoms with Crippen molar-refractivity contribution in [3.63, 3.8) is 0 Å². The van der Waals surface area contributed by atoms with E-state index in [1.165, 1.54) is 6.20 Å². The summed E-state index contributed by atoms with van der Waals surface area (Å²) in [7, 11) is 3.15. The van der Waals surface area contributed by atoms with Crippen molar-refractivity contribution in [3.05, 3.63) is 136 Å². The van der Waals surface area contributed by atoms with Crippen molar-refractivity contribution in [3.8, 4) is 28.6 Å². The second kappa shape index (κ2) is 10.6. The number of Topliss-reactive ketones (excluding diaryl/α,β-unsaturated/α-hetero) is 1. The molecule has 5 aromatic rings. The lowest BCUT2D eigenvalue weighted by atomic mass is 9.69. The number of carbonyl (C=O) groups excluding carboxylic acids is 1. The van der Waals surface area contributed by atoms with Crippen molar-refractivity contribution in [1.29, 1.82) is 0 Å².